The number of rotatable bonds is 6. The number of carbonyl (C=O) groups excluding carboxylic acids is 1. The molecule has 0 radical (unpaired) electrons. The molecule has 1 unspecified atom stereocenters. The Morgan fingerprint density at radius 3 is 2.85 bits per heavy atom. The fraction of sp³-hybridized carbons (Fsp3) is 0.211. The highest BCUT2D eigenvalue weighted by Crippen LogP contribution is 2.25. The Hall–Kier alpha value is -2.64. The van der Waals surface area contributed by atoms with E-state index in [0.29, 0.717) is 10.9 Å². The van der Waals surface area contributed by atoms with Gasteiger partial charge in [0, 0.05) is 24.2 Å². The first-order valence-corrected chi connectivity index (χ1v) is 8.99. The average Bonchev–Trinajstić information content (AvgIpc) is 2.61. The molecule has 3 aromatic rings. The fourth-order valence-electron chi connectivity index (χ4n) is 2.55. The third-order valence-corrected chi connectivity index (χ3v) is 4.75. The molecule has 0 saturated carbocycles. The SMILES string of the molecule is COCc1cc(=O)[nH]c(SC(C)C(=O)Nc2cccc3ccccc23)n1. The zero-order valence-electron chi connectivity index (χ0n) is 14.5. The first-order valence-electron chi connectivity index (χ1n) is 8.11. The van der Waals surface area contributed by atoms with E-state index in [4.69, 9.17) is 4.74 Å². The van der Waals surface area contributed by atoms with Gasteiger partial charge >= 0.3 is 0 Å². The summed E-state index contributed by atoms with van der Waals surface area (Å²) < 4.78 is 5.01. The van der Waals surface area contributed by atoms with Crippen molar-refractivity contribution in [1.29, 1.82) is 0 Å². The summed E-state index contributed by atoms with van der Waals surface area (Å²) >= 11 is 1.20. The molecule has 0 fully saturated rings. The first-order chi connectivity index (χ1) is 12.6. The average molecular weight is 369 g/mol. The van der Waals surface area contributed by atoms with Crippen molar-refractivity contribution in [3.8, 4) is 0 Å². The quantitative estimate of drug-likeness (QED) is 0.515. The van der Waals surface area contributed by atoms with E-state index in [1.165, 1.54) is 24.9 Å². The molecule has 0 aliphatic rings. The molecule has 134 valence electrons. The summed E-state index contributed by atoms with van der Waals surface area (Å²) in [6.45, 7) is 2.02. The molecular weight excluding hydrogens is 350 g/mol. The summed E-state index contributed by atoms with van der Waals surface area (Å²) in [7, 11) is 1.54. The van der Waals surface area contributed by atoms with Gasteiger partial charge in [-0.2, -0.15) is 0 Å². The molecule has 2 aromatic carbocycles. The van der Waals surface area contributed by atoms with Crippen LogP contribution in [-0.4, -0.2) is 28.2 Å². The molecule has 3 rings (SSSR count). The van der Waals surface area contributed by atoms with E-state index in [1.807, 2.05) is 42.5 Å². The molecule has 1 heterocycles. The lowest BCUT2D eigenvalue weighted by atomic mass is 10.1. The summed E-state index contributed by atoms with van der Waals surface area (Å²) in [4.78, 5) is 31.2. The van der Waals surface area contributed by atoms with Crippen molar-refractivity contribution >= 4 is 34.1 Å². The number of fused-ring (bicyclic) bond motifs is 1. The summed E-state index contributed by atoms with van der Waals surface area (Å²) in [5.41, 5.74) is 1.02. The third kappa shape index (κ3) is 4.30. The number of amides is 1. The number of aromatic amines is 1. The molecule has 1 amide bonds. The van der Waals surface area contributed by atoms with E-state index >= 15 is 0 Å². The molecule has 7 heteroatoms. The van der Waals surface area contributed by atoms with Gasteiger partial charge in [0.05, 0.1) is 17.6 Å². The number of carbonyl (C=O) groups is 1. The standard InChI is InChI=1S/C19H19N3O3S/c1-12(26-19-20-14(11-25-2)10-17(23)22-19)18(24)21-16-9-5-7-13-6-3-4-8-15(13)16/h3-10,12H,11H2,1-2H3,(H,21,24)(H,20,22,23). The van der Waals surface area contributed by atoms with Gasteiger partial charge in [-0.15, -0.1) is 0 Å². The van der Waals surface area contributed by atoms with Crippen molar-refractivity contribution < 1.29 is 9.53 Å². The van der Waals surface area contributed by atoms with Crippen molar-refractivity contribution in [2.24, 2.45) is 0 Å². The van der Waals surface area contributed by atoms with E-state index in [1.54, 1.807) is 6.92 Å². The van der Waals surface area contributed by atoms with Crippen LogP contribution in [0.15, 0.2) is 58.5 Å². The predicted molar refractivity (Wildman–Crippen MR) is 103 cm³/mol. The van der Waals surface area contributed by atoms with Crippen LogP contribution in [0.5, 0.6) is 0 Å². The van der Waals surface area contributed by atoms with Crippen molar-refractivity contribution in [3.05, 3.63) is 64.6 Å². The second-order valence-electron chi connectivity index (χ2n) is 5.75. The number of anilines is 1. The van der Waals surface area contributed by atoms with Gasteiger partial charge in [-0.05, 0) is 18.4 Å². The lowest BCUT2D eigenvalue weighted by molar-refractivity contribution is -0.115. The van der Waals surface area contributed by atoms with Gasteiger partial charge < -0.3 is 15.0 Å². The monoisotopic (exact) mass is 369 g/mol. The number of ether oxygens (including phenoxy) is 1. The summed E-state index contributed by atoms with van der Waals surface area (Å²) in [5.74, 6) is -0.161. The number of methoxy groups -OCH3 is 1. The van der Waals surface area contributed by atoms with Crippen LogP contribution in [0, 0.1) is 0 Å². The topological polar surface area (TPSA) is 84.1 Å². The Labute approximate surface area is 155 Å². The summed E-state index contributed by atoms with van der Waals surface area (Å²) in [6.07, 6.45) is 0. The zero-order valence-corrected chi connectivity index (χ0v) is 15.3. The van der Waals surface area contributed by atoms with Crippen molar-refractivity contribution in [2.75, 3.05) is 12.4 Å². The van der Waals surface area contributed by atoms with Crippen LogP contribution < -0.4 is 10.9 Å². The third-order valence-electron chi connectivity index (χ3n) is 3.77. The van der Waals surface area contributed by atoms with Gasteiger partial charge in [-0.1, -0.05) is 48.2 Å². The van der Waals surface area contributed by atoms with Crippen LogP contribution in [0.25, 0.3) is 10.8 Å². The van der Waals surface area contributed by atoms with E-state index < -0.39 is 5.25 Å². The van der Waals surface area contributed by atoms with E-state index in [2.05, 4.69) is 15.3 Å². The number of hydrogen-bond acceptors (Lipinski definition) is 5. The zero-order chi connectivity index (χ0) is 18.5. The molecule has 0 saturated heterocycles. The van der Waals surface area contributed by atoms with Gasteiger partial charge in [-0.3, -0.25) is 9.59 Å². The fourth-order valence-corrected chi connectivity index (χ4v) is 3.38. The Morgan fingerprint density at radius 1 is 1.27 bits per heavy atom. The normalized spacial score (nSPS) is 12.1. The van der Waals surface area contributed by atoms with Crippen molar-refractivity contribution in [1.82, 2.24) is 9.97 Å². The molecule has 0 bridgehead atoms. The van der Waals surface area contributed by atoms with Crippen LogP contribution >= 0.6 is 11.8 Å². The van der Waals surface area contributed by atoms with Gasteiger partial charge in [0.25, 0.3) is 5.56 Å². The number of nitrogens with one attached hydrogen (secondary N) is 2. The van der Waals surface area contributed by atoms with Crippen LogP contribution in [-0.2, 0) is 16.1 Å². The number of nitrogens with zero attached hydrogens (tertiary/aromatic N) is 1. The highest BCUT2D eigenvalue weighted by Gasteiger charge is 2.17. The van der Waals surface area contributed by atoms with E-state index in [0.717, 1.165) is 16.5 Å². The minimum atomic E-state index is -0.435. The van der Waals surface area contributed by atoms with Crippen LogP contribution in [0.1, 0.15) is 12.6 Å². The second-order valence-corrected chi connectivity index (χ2v) is 7.08. The Balaban J connectivity index is 1.75. The maximum absolute atomic E-state index is 12.6. The Morgan fingerprint density at radius 2 is 2.04 bits per heavy atom. The first kappa shape index (κ1) is 18.2. The maximum Gasteiger partial charge on any atom is 0.251 e. The molecule has 1 atom stereocenters. The molecule has 0 aliphatic heterocycles. The molecule has 0 aliphatic carbocycles. The maximum atomic E-state index is 12.6. The lowest BCUT2D eigenvalue weighted by Crippen LogP contribution is -2.23. The lowest BCUT2D eigenvalue weighted by Gasteiger charge is -2.13. The number of hydrogen-bond donors (Lipinski definition) is 2. The van der Waals surface area contributed by atoms with Crippen LogP contribution in [0.2, 0.25) is 0 Å². The van der Waals surface area contributed by atoms with E-state index in [9.17, 15) is 9.59 Å². The summed E-state index contributed by atoms with van der Waals surface area (Å²) in [5, 5.41) is 4.95. The van der Waals surface area contributed by atoms with Gasteiger partial charge in [0.15, 0.2) is 5.16 Å². The molecule has 1 aromatic heterocycles. The number of benzene rings is 2. The predicted octanol–water partition coefficient (Wildman–Crippen LogP) is 3.19. The Kier molecular flexibility index (Phi) is 5.70. The smallest absolute Gasteiger partial charge is 0.251 e. The number of aromatic nitrogens is 2. The summed E-state index contributed by atoms with van der Waals surface area (Å²) in [6, 6.07) is 15.0. The molecule has 0 spiro atoms. The molecular formula is C19H19N3O3S. The Bertz CT molecular complexity index is 982. The van der Waals surface area contributed by atoms with Crippen LogP contribution in [0.4, 0.5) is 5.69 Å². The van der Waals surface area contributed by atoms with Crippen molar-refractivity contribution in [2.45, 2.75) is 23.9 Å². The molecule has 26 heavy (non-hydrogen) atoms. The highest BCUT2D eigenvalue weighted by atomic mass is 32.2. The number of thioether (sulfide) groups is 1. The van der Waals surface area contributed by atoms with E-state index in [-0.39, 0.29) is 18.1 Å². The minimum absolute atomic E-state index is 0.161. The van der Waals surface area contributed by atoms with Crippen LogP contribution in [0.3, 0.4) is 0 Å². The van der Waals surface area contributed by atoms with Crippen molar-refractivity contribution in [3.63, 3.8) is 0 Å². The van der Waals surface area contributed by atoms with Gasteiger partial charge in [-0.25, -0.2) is 4.98 Å². The minimum Gasteiger partial charge on any atom is -0.378 e. The molecule has 6 nitrogen and oxygen atoms in total. The van der Waals surface area contributed by atoms with Gasteiger partial charge in [0.2, 0.25) is 5.91 Å². The van der Waals surface area contributed by atoms with Gasteiger partial charge in [0.1, 0.15) is 0 Å². The second kappa shape index (κ2) is 8.16. The number of H-pyrrole nitrogens is 1. The largest absolute Gasteiger partial charge is 0.378 e. The molecule has 2 N–H and O–H groups in total. The highest BCUT2D eigenvalue weighted by molar-refractivity contribution is 8.00.